The standard InChI is InChI=1S/C17H20FN3O/c1-2-21-12-13(11-19-21)16(22)20-17(9-3-4-10-17)14-5-7-15(18)8-6-14/h5-8,11-12H,2-4,9-10H2,1H3,(H,20,22). The highest BCUT2D eigenvalue weighted by molar-refractivity contribution is 5.94. The van der Waals surface area contributed by atoms with Crippen LogP contribution in [0.5, 0.6) is 0 Å². The first-order valence-electron chi connectivity index (χ1n) is 7.74. The van der Waals surface area contributed by atoms with Gasteiger partial charge in [0.25, 0.3) is 5.91 Å². The molecule has 22 heavy (non-hydrogen) atoms. The van der Waals surface area contributed by atoms with Crippen LogP contribution in [0.25, 0.3) is 0 Å². The molecule has 0 unspecified atom stereocenters. The van der Waals surface area contributed by atoms with E-state index in [-0.39, 0.29) is 17.3 Å². The van der Waals surface area contributed by atoms with Crippen LogP contribution in [0.1, 0.15) is 48.5 Å². The first kappa shape index (κ1) is 14.8. The van der Waals surface area contributed by atoms with Crippen LogP contribution in [0.15, 0.2) is 36.7 Å². The van der Waals surface area contributed by atoms with E-state index in [1.807, 2.05) is 6.92 Å². The van der Waals surface area contributed by atoms with Gasteiger partial charge in [0.2, 0.25) is 0 Å². The molecule has 1 amide bonds. The normalized spacial score (nSPS) is 16.6. The molecule has 1 aliphatic carbocycles. The van der Waals surface area contributed by atoms with E-state index in [9.17, 15) is 9.18 Å². The molecule has 1 aromatic heterocycles. The third kappa shape index (κ3) is 2.75. The highest BCUT2D eigenvalue weighted by atomic mass is 19.1. The monoisotopic (exact) mass is 301 g/mol. The van der Waals surface area contributed by atoms with E-state index in [0.29, 0.717) is 5.56 Å². The van der Waals surface area contributed by atoms with Gasteiger partial charge in [-0.05, 0) is 37.5 Å². The Morgan fingerprint density at radius 2 is 2.00 bits per heavy atom. The lowest BCUT2D eigenvalue weighted by Gasteiger charge is -2.31. The Morgan fingerprint density at radius 3 is 2.59 bits per heavy atom. The van der Waals surface area contributed by atoms with Crippen molar-refractivity contribution >= 4 is 5.91 Å². The number of nitrogens with one attached hydrogen (secondary N) is 1. The summed E-state index contributed by atoms with van der Waals surface area (Å²) in [4.78, 5) is 12.5. The Balaban J connectivity index is 1.85. The van der Waals surface area contributed by atoms with Gasteiger partial charge in [0.1, 0.15) is 5.82 Å². The molecular weight excluding hydrogens is 281 g/mol. The molecule has 0 bridgehead atoms. The van der Waals surface area contributed by atoms with E-state index in [1.54, 1.807) is 29.2 Å². The smallest absolute Gasteiger partial charge is 0.255 e. The van der Waals surface area contributed by atoms with Crippen molar-refractivity contribution in [3.8, 4) is 0 Å². The lowest BCUT2D eigenvalue weighted by molar-refractivity contribution is 0.0898. The minimum Gasteiger partial charge on any atom is -0.342 e. The SMILES string of the molecule is CCn1cc(C(=O)NC2(c3ccc(F)cc3)CCCC2)cn1. The molecule has 5 heteroatoms. The Hall–Kier alpha value is -2.17. The maximum atomic E-state index is 13.2. The first-order chi connectivity index (χ1) is 10.6. The highest BCUT2D eigenvalue weighted by Crippen LogP contribution is 2.39. The van der Waals surface area contributed by atoms with E-state index in [4.69, 9.17) is 0 Å². The molecule has 0 saturated heterocycles. The third-order valence-corrected chi connectivity index (χ3v) is 4.43. The molecule has 2 aromatic rings. The summed E-state index contributed by atoms with van der Waals surface area (Å²) >= 11 is 0. The summed E-state index contributed by atoms with van der Waals surface area (Å²) in [5.41, 5.74) is 1.15. The molecule has 1 saturated carbocycles. The van der Waals surface area contributed by atoms with Gasteiger partial charge in [-0.15, -0.1) is 0 Å². The Labute approximate surface area is 129 Å². The lowest BCUT2D eigenvalue weighted by Crippen LogP contribution is -2.43. The van der Waals surface area contributed by atoms with Crippen molar-refractivity contribution in [2.75, 3.05) is 0 Å². The molecule has 1 aliphatic rings. The second kappa shape index (κ2) is 5.91. The van der Waals surface area contributed by atoms with E-state index in [2.05, 4.69) is 10.4 Å². The molecule has 0 spiro atoms. The quantitative estimate of drug-likeness (QED) is 0.942. The van der Waals surface area contributed by atoms with Crippen LogP contribution in [0.2, 0.25) is 0 Å². The maximum absolute atomic E-state index is 13.2. The van der Waals surface area contributed by atoms with E-state index < -0.39 is 0 Å². The predicted octanol–water partition coefficient (Wildman–Crippen LogP) is 3.24. The number of hydrogen-bond donors (Lipinski definition) is 1. The topological polar surface area (TPSA) is 46.9 Å². The number of rotatable bonds is 4. The molecular formula is C17H20FN3O. The van der Waals surface area contributed by atoms with Crippen LogP contribution in [0, 0.1) is 5.82 Å². The van der Waals surface area contributed by atoms with Crippen molar-refractivity contribution in [2.24, 2.45) is 0 Å². The molecule has 3 rings (SSSR count). The zero-order valence-electron chi connectivity index (χ0n) is 12.7. The zero-order chi connectivity index (χ0) is 15.6. The average Bonchev–Trinajstić information content (AvgIpc) is 3.17. The first-order valence-corrected chi connectivity index (χ1v) is 7.74. The minimum absolute atomic E-state index is 0.120. The fraction of sp³-hybridized carbons (Fsp3) is 0.412. The number of halogens is 1. The van der Waals surface area contributed by atoms with Gasteiger partial charge in [-0.25, -0.2) is 4.39 Å². The van der Waals surface area contributed by atoms with E-state index in [0.717, 1.165) is 37.8 Å². The average molecular weight is 301 g/mol. The van der Waals surface area contributed by atoms with Crippen molar-refractivity contribution in [3.05, 3.63) is 53.6 Å². The molecule has 1 fully saturated rings. The summed E-state index contributed by atoms with van der Waals surface area (Å²) in [7, 11) is 0. The number of nitrogens with zero attached hydrogens (tertiary/aromatic N) is 2. The second-order valence-electron chi connectivity index (χ2n) is 5.83. The Morgan fingerprint density at radius 1 is 1.32 bits per heavy atom. The van der Waals surface area contributed by atoms with Gasteiger partial charge in [-0.3, -0.25) is 9.48 Å². The maximum Gasteiger partial charge on any atom is 0.255 e. The molecule has 1 aromatic carbocycles. The van der Waals surface area contributed by atoms with Crippen molar-refractivity contribution in [1.82, 2.24) is 15.1 Å². The van der Waals surface area contributed by atoms with Crippen LogP contribution < -0.4 is 5.32 Å². The number of aromatic nitrogens is 2. The van der Waals surface area contributed by atoms with Gasteiger partial charge in [-0.1, -0.05) is 25.0 Å². The fourth-order valence-corrected chi connectivity index (χ4v) is 3.18. The van der Waals surface area contributed by atoms with E-state index >= 15 is 0 Å². The number of carbonyl (C=O) groups is 1. The van der Waals surface area contributed by atoms with Crippen LogP contribution in [-0.4, -0.2) is 15.7 Å². The van der Waals surface area contributed by atoms with Crippen molar-refractivity contribution in [2.45, 2.75) is 44.7 Å². The molecule has 0 aliphatic heterocycles. The molecule has 1 N–H and O–H groups in total. The van der Waals surface area contributed by atoms with Gasteiger partial charge in [0.15, 0.2) is 0 Å². The summed E-state index contributed by atoms with van der Waals surface area (Å²) < 4.78 is 14.9. The number of hydrogen-bond acceptors (Lipinski definition) is 2. The summed E-state index contributed by atoms with van der Waals surface area (Å²) in [6.07, 6.45) is 7.23. The van der Waals surface area contributed by atoms with Crippen LogP contribution in [-0.2, 0) is 12.1 Å². The Kier molecular flexibility index (Phi) is 3.96. The number of aryl methyl sites for hydroxylation is 1. The third-order valence-electron chi connectivity index (χ3n) is 4.43. The largest absolute Gasteiger partial charge is 0.342 e. The van der Waals surface area contributed by atoms with E-state index in [1.165, 1.54) is 12.1 Å². The molecule has 1 heterocycles. The van der Waals surface area contributed by atoms with Gasteiger partial charge >= 0.3 is 0 Å². The van der Waals surface area contributed by atoms with Crippen molar-refractivity contribution in [3.63, 3.8) is 0 Å². The summed E-state index contributed by atoms with van der Waals surface area (Å²) in [5.74, 6) is -0.377. The molecule has 0 atom stereocenters. The second-order valence-corrected chi connectivity index (χ2v) is 5.83. The highest BCUT2D eigenvalue weighted by Gasteiger charge is 2.37. The number of amides is 1. The van der Waals surface area contributed by atoms with Gasteiger partial charge in [-0.2, -0.15) is 5.10 Å². The zero-order valence-corrected chi connectivity index (χ0v) is 12.7. The Bertz CT molecular complexity index is 657. The molecule has 0 radical (unpaired) electrons. The summed E-state index contributed by atoms with van der Waals surface area (Å²) in [6, 6.07) is 6.46. The lowest BCUT2D eigenvalue weighted by atomic mass is 9.88. The van der Waals surface area contributed by atoms with Crippen LogP contribution in [0.3, 0.4) is 0 Å². The minimum atomic E-state index is -0.390. The summed E-state index contributed by atoms with van der Waals surface area (Å²) in [5, 5.41) is 7.31. The number of benzene rings is 1. The fourth-order valence-electron chi connectivity index (χ4n) is 3.18. The predicted molar refractivity (Wildman–Crippen MR) is 81.9 cm³/mol. The molecule has 4 nitrogen and oxygen atoms in total. The van der Waals surface area contributed by atoms with Crippen molar-refractivity contribution < 1.29 is 9.18 Å². The van der Waals surface area contributed by atoms with Crippen molar-refractivity contribution in [1.29, 1.82) is 0 Å². The van der Waals surface area contributed by atoms with Crippen LogP contribution in [0.4, 0.5) is 4.39 Å². The van der Waals surface area contributed by atoms with Crippen LogP contribution >= 0.6 is 0 Å². The van der Waals surface area contributed by atoms with Gasteiger partial charge in [0.05, 0.1) is 17.3 Å². The molecule has 116 valence electrons. The summed E-state index contributed by atoms with van der Waals surface area (Å²) in [6.45, 7) is 2.71. The van der Waals surface area contributed by atoms with Gasteiger partial charge in [0, 0.05) is 12.7 Å². The number of carbonyl (C=O) groups excluding carboxylic acids is 1. The van der Waals surface area contributed by atoms with Gasteiger partial charge < -0.3 is 5.32 Å².